The van der Waals surface area contributed by atoms with Crippen molar-refractivity contribution in [1.29, 1.82) is 0 Å². The molecular weight excluding hydrogens is 244 g/mol. The van der Waals surface area contributed by atoms with Crippen molar-refractivity contribution in [2.24, 2.45) is 0 Å². The molecule has 2 N–H and O–H groups in total. The minimum Gasteiger partial charge on any atom is -0.383 e. The summed E-state index contributed by atoms with van der Waals surface area (Å²) in [5.41, 5.74) is 8.90. The average molecular weight is 262 g/mol. The van der Waals surface area contributed by atoms with E-state index in [2.05, 4.69) is 41.1 Å². The van der Waals surface area contributed by atoms with Crippen LogP contribution in [0.15, 0.2) is 11.7 Å². The smallest absolute Gasteiger partial charge is 0.129 e. The first-order chi connectivity index (χ1) is 8.38. The summed E-state index contributed by atoms with van der Waals surface area (Å²) < 4.78 is 0. The molecule has 2 heterocycles. The first-order valence-electron chi connectivity index (χ1n) is 5.89. The fraction of sp³-hybridized carbons (Fsp3) is 0.462. The van der Waals surface area contributed by atoms with Gasteiger partial charge in [0.15, 0.2) is 0 Å². The van der Waals surface area contributed by atoms with Gasteiger partial charge in [-0.05, 0) is 6.92 Å². The predicted molar refractivity (Wildman–Crippen MR) is 74.8 cm³/mol. The van der Waals surface area contributed by atoms with Crippen LogP contribution in [0.3, 0.4) is 0 Å². The lowest BCUT2D eigenvalue weighted by Gasteiger charge is -2.14. The van der Waals surface area contributed by atoms with Gasteiger partial charge in [0.1, 0.15) is 12.1 Å². The molecule has 5 heteroatoms. The van der Waals surface area contributed by atoms with Gasteiger partial charge in [0, 0.05) is 22.8 Å². The summed E-state index contributed by atoms with van der Waals surface area (Å²) in [5, 5.41) is 3.19. The van der Waals surface area contributed by atoms with E-state index >= 15 is 0 Å². The predicted octanol–water partition coefficient (Wildman–Crippen LogP) is 2.71. The maximum Gasteiger partial charge on any atom is 0.129 e. The van der Waals surface area contributed by atoms with E-state index in [4.69, 9.17) is 5.73 Å². The van der Waals surface area contributed by atoms with Crippen LogP contribution in [0.1, 0.15) is 42.7 Å². The van der Waals surface area contributed by atoms with Gasteiger partial charge in [-0.2, -0.15) is 0 Å². The lowest BCUT2D eigenvalue weighted by Crippen LogP contribution is -2.11. The van der Waals surface area contributed by atoms with Crippen molar-refractivity contribution in [2.45, 2.75) is 39.5 Å². The summed E-state index contributed by atoms with van der Waals surface area (Å²) in [4.78, 5) is 12.9. The van der Waals surface area contributed by atoms with Crippen molar-refractivity contribution in [1.82, 2.24) is 15.0 Å². The summed E-state index contributed by atoms with van der Waals surface area (Å²) in [5.74, 6) is 0.549. The Morgan fingerprint density at radius 2 is 2.00 bits per heavy atom. The Labute approximate surface area is 111 Å². The summed E-state index contributed by atoms with van der Waals surface area (Å²) >= 11 is 1.67. The Morgan fingerprint density at radius 3 is 2.61 bits per heavy atom. The highest BCUT2D eigenvalue weighted by atomic mass is 32.1. The van der Waals surface area contributed by atoms with Gasteiger partial charge in [0.05, 0.1) is 16.4 Å². The van der Waals surface area contributed by atoms with E-state index in [0.29, 0.717) is 5.82 Å². The SMILES string of the molecule is Cc1c(N)ncnc1Cc1nc(C(C)(C)C)cs1. The number of nitrogens with zero attached hydrogens (tertiary/aromatic N) is 3. The molecule has 2 aromatic rings. The number of aromatic nitrogens is 3. The van der Waals surface area contributed by atoms with Gasteiger partial charge in [-0.15, -0.1) is 11.3 Å². The number of rotatable bonds is 2. The van der Waals surface area contributed by atoms with Crippen LogP contribution in [0.25, 0.3) is 0 Å². The zero-order chi connectivity index (χ0) is 13.3. The summed E-state index contributed by atoms with van der Waals surface area (Å²) in [7, 11) is 0. The van der Waals surface area contributed by atoms with E-state index in [0.717, 1.165) is 28.4 Å². The Bertz CT molecular complexity index is 554. The molecule has 0 atom stereocenters. The maximum atomic E-state index is 5.78. The Hall–Kier alpha value is -1.49. The van der Waals surface area contributed by atoms with Crippen LogP contribution in [0.4, 0.5) is 5.82 Å². The second-order valence-electron chi connectivity index (χ2n) is 5.38. The molecule has 0 aliphatic carbocycles. The minimum atomic E-state index is 0.0918. The molecule has 2 aromatic heterocycles. The van der Waals surface area contributed by atoms with Gasteiger partial charge >= 0.3 is 0 Å². The molecule has 0 aromatic carbocycles. The van der Waals surface area contributed by atoms with E-state index in [-0.39, 0.29) is 5.41 Å². The molecule has 0 radical (unpaired) electrons. The first-order valence-corrected chi connectivity index (χ1v) is 6.76. The molecule has 0 unspecified atom stereocenters. The van der Waals surface area contributed by atoms with E-state index < -0.39 is 0 Å². The van der Waals surface area contributed by atoms with Gasteiger partial charge in [0.25, 0.3) is 0 Å². The zero-order valence-electron chi connectivity index (χ0n) is 11.2. The molecular formula is C13H18N4S. The quantitative estimate of drug-likeness (QED) is 0.903. The fourth-order valence-electron chi connectivity index (χ4n) is 1.56. The molecule has 0 bridgehead atoms. The van der Waals surface area contributed by atoms with Crippen molar-refractivity contribution in [3.63, 3.8) is 0 Å². The van der Waals surface area contributed by atoms with Gasteiger partial charge in [0.2, 0.25) is 0 Å². The van der Waals surface area contributed by atoms with Gasteiger partial charge in [-0.1, -0.05) is 20.8 Å². The third-order valence-corrected chi connectivity index (χ3v) is 3.72. The number of anilines is 1. The second-order valence-corrected chi connectivity index (χ2v) is 6.33. The number of nitrogen functional groups attached to an aromatic ring is 1. The normalized spacial score (nSPS) is 11.8. The van der Waals surface area contributed by atoms with Crippen LogP contribution in [-0.4, -0.2) is 15.0 Å². The van der Waals surface area contributed by atoms with Crippen molar-refractivity contribution >= 4 is 17.2 Å². The van der Waals surface area contributed by atoms with Crippen LogP contribution in [0.2, 0.25) is 0 Å². The molecule has 0 fully saturated rings. The van der Waals surface area contributed by atoms with E-state index in [1.54, 1.807) is 11.3 Å². The Kier molecular flexibility index (Phi) is 3.34. The number of hydrogen-bond donors (Lipinski definition) is 1. The number of hydrogen-bond acceptors (Lipinski definition) is 5. The van der Waals surface area contributed by atoms with Crippen molar-refractivity contribution in [3.8, 4) is 0 Å². The van der Waals surface area contributed by atoms with Gasteiger partial charge < -0.3 is 5.73 Å². The lowest BCUT2D eigenvalue weighted by atomic mass is 9.93. The number of nitrogens with two attached hydrogens (primary N) is 1. The third-order valence-electron chi connectivity index (χ3n) is 2.87. The average Bonchev–Trinajstić information content (AvgIpc) is 2.73. The van der Waals surface area contributed by atoms with Crippen LogP contribution < -0.4 is 5.73 Å². The van der Waals surface area contributed by atoms with Crippen LogP contribution in [0.5, 0.6) is 0 Å². The van der Waals surface area contributed by atoms with Gasteiger partial charge in [-0.25, -0.2) is 15.0 Å². The van der Waals surface area contributed by atoms with E-state index in [1.165, 1.54) is 6.33 Å². The largest absolute Gasteiger partial charge is 0.383 e. The Balaban J connectivity index is 2.24. The molecule has 0 aliphatic heterocycles. The molecule has 0 saturated heterocycles. The summed E-state index contributed by atoms with van der Waals surface area (Å²) in [6, 6.07) is 0. The summed E-state index contributed by atoms with van der Waals surface area (Å²) in [6.07, 6.45) is 2.23. The molecule has 96 valence electrons. The van der Waals surface area contributed by atoms with Crippen molar-refractivity contribution in [3.05, 3.63) is 33.7 Å². The highest BCUT2D eigenvalue weighted by molar-refractivity contribution is 7.09. The minimum absolute atomic E-state index is 0.0918. The van der Waals surface area contributed by atoms with Crippen molar-refractivity contribution < 1.29 is 0 Å². The van der Waals surface area contributed by atoms with E-state index in [1.807, 2.05) is 6.92 Å². The highest BCUT2D eigenvalue weighted by Crippen LogP contribution is 2.25. The molecule has 0 aliphatic rings. The van der Waals surface area contributed by atoms with Crippen LogP contribution in [0, 0.1) is 6.92 Å². The maximum absolute atomic E-state index is 5.78. The van der Waals surface area contributed by atoms with E-state index in [9.17, 15) is 0 Å². The first kappa shape index (κ1) is 13.0. The number of thiazole rings is 1. The standard InChI is InChI=1S/C13H18N4S/c1-8-9(15-7-16-12(8)14)5-11-17-10(6-18-11)13(2,3)4/h6-7H,5H2,1-4H3,(H2,14,15,16). The summed E-state index contributed by atoms with van der Waals surface area (Å²) in [6.45, 7) is 8.45. The van der Waals surface area contributed by atoms with Crippen LogP contribution >= 0.6 is 11.3 Å². The lowest BCUT2D eigenvalue weighted by molar-refractivity contribution is 0.571. The molecule has 4 nitrogen and oxygen atoms in total. The highest BCUT2D eigenvalue weighted by Gasteiger charge is 2.18. The molecule has 2 rings (SSSR count). The van der Waals surface area contributed by atoms with Gasteiger partial charge in [-0.3, -0.25) is 0 Å². The third kappa shape index (κ3) is 2.67. The van der Waals surface area contributed by atoms with Crippen LogP contribution in [-0.2, 0) is 11.8 Å². The topological polar surface area (TPSA) is 64.7 Å². The van der Waals surface area contributed by atoms with Crippen molar-refractivity contribution in [2.75, 3.05) is 5.73 Å². The Morgan fingerprint density at radius 1 is 1.28 bits per heavy atom. The molecule has 0 spiro atoms. The monoisotopic (exact) mass is 262 g/mol. The molecule has 0 saturated carbocycles. The fourth-order valence-corrected chi connectivity index (χ4v) is 2.59. The zero-order valence-corrected chi connectivity index (χ0v) is 12.0. The molecule has 18 heavy (non-hydrogen) atoms. The second kappa shape index (κ2) is 4.65. The molecule has 0 amide bonds.